The summed E-state index contributed by atoms with van der Waals surface area (Å²) in [5.74, 6) is 2.34. The van der Waals surface area contributed by atoms with E-state index >= 15 is 0 Å². The van der Waals surface area contributed by atoms with Gasteiger partial charge in [-0.1, -0.05) is 6.07 Å². The summed E-state index contributed by atoms with van der Waals surface area (Å²) in [5.41, 5.74) is 0.929. The number of thiophene rings is 1. The molecule has 2 aromatic rings. The van der Waals surface area contributed by atoms with E-state index in [4.69, 9.17) is 19.2 Å². The first kappa shape index (κ1) is 21.0. The summed E-state index contributed by atoms with van der Waals surface area (Å²) in [6.45, 7) is 8.33. The van der Waals surface area contributed by atoms with E-state index in [0.717, 1.165) is 62.4 Å². The van der Waals surface area contributed by atoms with Gasteiger partial charge in [-0.3, -0.25) is 9.89 Å². The fraction of sp³-hybridized carbons (Fsp3) is 0.500. The molecule has 1 unspecified atom stereocenters. The number of morpholine rings is 1. The SMILES string of the molecule is CCNC(=NCC(c1cccs1)N1CCOCC1)Nc1ccc2c(c1)OCCCO2. The van der Waals surface area contributed by atoms with Crippen molar-refractivity contribution in [3.8, 4) is 11.5 Å². The lowest BCUT2D eigenvalue weighted by molar-refractivity contribution is 0.0187. The minimum atomic E-state index is 0.258. The van der Waals surface area contributed by atoms with Crippen LogP contribution in [0.15, 0.2) is 40.7 Å². The van der Waals surface area contributed by atoms with Crippen molar-refractivity contribution in [2.75, 3.05) is 57.9 Å². The van der Waals surface area contributed by atoms with Gasteiger partial charge in [-0.05, 0) is 30.5 Å². The standard InChI is InChI=1S/C22H30N4O3S/c1-2-23-22(25-17-6-7-19-20(15-17)29-11-4-10-28-19)24-16-18(21-5-3-14-30-21)26-8-12-27-13-9-26/h3,5-7,14-15,18H,2,4,8-13,16H2,1H3,(H2,23,24,25). The third-order valence-electron chi connectivity index (χ3n) is 5.13. The minimum absolute atomic E-state index is 0.258. The lowest BCUT2D eigenvalue weighted by Crippen LogP contribution is -2.40. The predicted molar refractivity (Wildman–Crippen MR) is 121 cm³/mol. The van der Waals surface area contributed by atoms with E-state index in [1.54, 1.807) is 11.3 Å². The predicted octanol–water partition coefficient (Wildman–Crippen LogP) is 3.36. The van der Waals surface area contributed by atoms with Crippen LogP contribution < -0.4 is 20.1 Å². The van der Waals surface area contributed by atoms with Crippen molar-refractivity contribution in [2.45, 2.75) is 19.4 Å². The Bertz CT molecular complexity index is 822. The number of hydrogen-bond donors (Lipinski definition) is 2. The summed E-state index contributed by atoms with van der Waals surface area (Å²) in [6.07, 6.45) is 0.896. The summed E-state index contributed by atoms with van der Waals surface area (Å²) in [4.78, 5) is 8.73. The summed E-state index contributed by atoms with van der Waals surface area (Å²) in [7, 11) is 0. The fourth-order valence-corrected chi connectivity index (χ4v) is 4.47. The molecule has 0 bridgehead atoms. The average molecular weight is 431 g/mol. The maximum absolute atomic E-state index is 5.81. The van der Waals surface area contributed by atoms with Crippen LogP contribution in [-0.2, 0) is 4.74 Å². The second kappa shape index (κ2) is 10.7. The molecule has 2 aliphatic rings. The maximum atomic E-state index is 5.81. The third kappa shape index (κ3) is 5.44. The fourth-order valence-electron chi connectivity index (χ4n) is 3.62. The Morgan fingerprint density at radius 1 is 1.13 bits per heavy atom. The number of ether oxygens (including phenoxy) is 3. The number of rotatable bonds is 6. The highest BCUT2D eigenvalue weighted by Gasteiger charge is 2.23. The van der Waals surface area contributed by atoms with Gasteiger partial charge in [0.25, 0.3) is 0 Å². The quantitative estimate of drug-likeness (QED) is 0.541. The number of benzene rings is 1. The second-order valence-electron chi connectivity index (χ2n) is 7.24. The van der Waals surface area contributed by atoms with Crippen molar-refractivity contribution in [1.29, 1.82) is 0 Å². The van der Waals surface area contributed by atoms with Gasteiger partial charge >= 0.3 is 0 Å². The smallest absolute Gasteiger partial charge is 0.195 e. The van der Waals surface area contributed by atoms with E-state index in [1.807, 2.05) is 18.2 Å². The highest BCUT2D eigenvalue weighted by atomic mass is 32.1. The molecule has 2 aliphatic heterocycles. The van der Waals surface area contributed by atoms with Crippen LogP contribution in [0.4, 0.5) is 5.69 Å². The molecule has 0 amide bonds. The normalized spacial score (nSPS) is 18.5. The first-order chi connectivity index (χ1) is 14.8. The molecule has 0 spiro atoms. The Balaban J connectivity index is 1.49. The highest BCUT2D eigenvalue weighted by molar-refractivity contribution is 7.10. The van der Waals surface area contributed by atoms with Crippen LogP contribution in [0.2, 0.25) is 0 Å². The average Bonchev–Trinajstić information content (AvgIpc) is 3.20. The number of aliphatic imine (C=N–C) groups is 1. The molecule has 0 radical (unpaired) electrons. The van der Waals surface area contributed by atoms with Gasteiger partial charge in [0.05, 0.1) is 39.0 Å². The first-order valence-corrected chi connectivity index (χ1v) is 11.5. The first-order valence-electron chi connectivity index (χ1n) is 10.6. The van der Waals surface area contributed by atoms with Gasteiger partial charge in [-0.25, -0.2) is 0 Å². The number of nitrogens with one attached hydrogen (secondary N) is 2. The Morgan fingerprint density at radius 3 is 2.73 bits per heavy atom. The zero-order chi connectivity index (χ0) is 20.6. The Morgan fingerprint density at radius 2 is 1.97 bits per heavy atom. The molecule has 1 aromatic carbocycles. The Kier molecular flexibility index (Phi) is 7.44. The molecule has 1 aromatic heterocycles. The zero-order valence-corrected chi connectivity index (χ0v) is 18.2. The van der Waals surface area contributed by atoms with Gasteiger partial charge in [0.2, 0.25) is 0 Å². The summed E-state index contributed by atoms with van der Waals surface area (Å²) >= 11 is 1.79. The lowest BCUT2D eigenvalue weighted by atomic mass is 10.2. The third-order valence-corrected chi connectivity index (χ3v) is 6.11. The van der Waals surface area contributed by atoms with Crippen molar-refractivity contribution in [1.82, 2.24) is 10.2 Å². The number of guanidine groups is 1. The topological polar surface area (TPSA) is 67.4 Å². The van der Waals surface area contributed by atoms with Crippen molar-refractivity contribution >= 4 is 23.0 Å². The molecular formula is C22H30N4O3S. The molecule has 162 valence electrons. The van der Waals surface area contributed by atoms with E-state index in [9.17, 15) is 0 Å². The van der Waals surface area contributed by atoms with Crippen molar-refractivity contribution in [2.24, 2.45) is 4.99 Å². The van der Waals surface area contributed by atoms with Gasteiger partial charge in [0.15, 0.2) is 17.5 Å². The molecule has 30 heavy (non-hydrogen) atoms. The van der Waals surface area contributed by atoms with Crippen molar-refractivity contribution < 1.29 is 14.2 Å². The van der Waals surface area contributed by atoms with Crippen molar-refractivity contribution in [3.63, 3.8) is 0 Å². The monoisotopic (exact) mass is 430 g/mol. The van der Waals surface area contributed by atoms with Crippen LogP contribution in [0.25, 0.3) is 0 Å². The van der Waals surface area contributed by atoms with Gasteiger partial charge in [0, 0.05) is 42.7 Å². The molecule has 2 N–H and O–H groups in total. The van der Waals surface area contributed by atoms with Gasteiger partial charge in [-0.15, -0.1) is 11.3 Å². The maximum Gasteiger partial charge on any atom is 0.195 e. The number of nitrogens with zero attached hydrogens (tertiary/aromatic N) is 2. The Hall–Kier alpha value is -2.29. The Labute approximate surface area is 182 Å². The van der Waals surface area contributed by atoms with Gasteiger partial charge < -0.3 is 24.8 Å². The van der Waals surface area contributed by atoms with Crippen molar-refractivity contribution in [3.05, 3.63) is 40.6 Å². The summed E-state index contributed by atoms with van der Waals surface area (Å²) < 4.78 is 17.1. The summed E-state index contributed by atoms with van der Waals surface area (Å²) in [5, 5.41) is 8.90. The molecule has 4 rings (SSSR count). The van der Waals surface area contributed by atoms with Gasteiger partial charge in [0.1, 0.15) is 0 Å². The van der Waals surface area contributed by atoms with Crippen LogP contribution in [0.1, 0.15) is 24.3 Å². The van der Waals surface area contributed by atoms with E-state index < -0.39 is 0 Å². The van der Waals surface area contributed by atoms with E-state index in [0.29, 0.717) is 19.8 Å². The number of anilines is 1. The molecule has 1 fully saturated rings. The molecular weight excluding hydrogens is 400 g/mol. The molecule has 1 atom stereocenters. The molecule has 0 aliphatic carbocycles. The van der Waals surface area contributed by atoms with E-state index in [-0.39, 0.29) is 6.04 Å². The van der Waals surface area contributed by atoms with E-state index in [1.165, 1.54) is 4.88 Å². The van der Waals surface area contributed by atoms with Crippen LogP contribution in [0, 0.1) is 0 Å². The van der Waals surface area contributed by atoms with Crippen LogP contribution >= 0.6 is 11.3 Å². The van der Waals surface area contributed by atoms with Crippen LogP contribution in [-0.4, -0.2) is 63.5 Å². The second-order valence-corrected chi connectivity index (χ2v) is 8.22. The molecule has 0 saturated carbocycles. The largest absolute Gasteiger partial charge is 0.490 e. The molecule has 1 saturated heterocycles. The summed E-state index contributed by atoms with van der Waals surface area (Å²) in [6, 6.07) is 10.5. The van der Waals surface area contributed by atoms with Crippen LogP contribution in [0.5, 0.6) is 11.5 Å². The zero-order valence-electron chi connectivity index (χ0n) is 17.4. The van der Waals surface area contributed by atoms with Gasteiger partial charge in [-0.2, -0.15) is 0 Å². The van der Waals surface area contributed by atoms with Crippen LogP contribution in [0.3, 0.4) is 0 Å². The highest BCUT2D eigenvalue weighted by Crippen LogP contribution is 2.32. The molecule has 7 nitrogen and oxygen atoms in total. The van der Waals surface area contributed by atoms with E-state index in [2.05, 4.69) is 40.0 Å². The minimum Gasteiger partial charge on any atom is -0.490 e. The lowest BCUT2D eigenvalue weighted by Gasteiger charge is -2.33. The number of fused-ring (bicyclic) bond motifs is 1. The number of hydrogen-bond acceptors (Lipinski definition) is 6. The molecule has 8 heteroatoms. The molecule has 3 heterocycles.